The summed E-state index contributed by atoms with van der Waals surface area (Å²) in [6.07, 6.45) is 0.363. The number of aryl methyl sites for hydroxylation is 1. The van der Waals surface area contributed by atoms with Crippen molar-refractivity contribution in [3.8, 4) is 11.3 Å². The first-order chi connectivity index (χ1) is 13.8. The minimum Gasteiger partial charge on any atom is -0.249 e. The van der Waals surface area contributed by atoms with E-state index in [1.54, 1.807) is 30.6 Å². The van der Waals surface area contributed by atoms with Gasteiger partial charge in [0.05, 0.1) is 16.1 Å². The minimum absolute atomic E-state index is 0.0554. The lowest BCUT2D eigenvalue weighted by Crippen LogP contribution is -2.05. The summed E-state index contributed by atoms with van der Waals surface area (Å²) in [6, 6.07) is 9.08. The average molecular weight is 431 g/mol. The molecule has 5 nitrogen and oxygen atoms in total. The van der Waals surface area contributed by atoms with Gasteiger partial charge in [-0.2, -0.15) is 0 Å². The van der Waals surface area contributed by atoms with E-state index < -0.39 is 16.3 Å². The maximum Gasteiger partial charge on any atom is 0.263 e. The summed E-state index contributed by atoms with van der Waals surface area (Å²) in [5.74, 6) is -0.178. The lowest BCUT2D eigenvalue weighted by atomic mass is 9.99. The summed E-state index contributed by atoms with van der Waals surface area (Å²) in [5.41, 5.74) is 2.33. The predicted octanol–water partition coefficient (Wildman–Crippen LogP) is 4.97. The van der Waals surface area contributed by atoms with Crippen molar-refractivity contribution in [2.45, 2.75) is 24.0 Å². The molecule has 4 aromatic rings. The Hall–Kier alpha value is -2.78. The maximum absolute atomic E-state index is 12.9. The summed E-state index contributed by atoms with van der Waals surface area (Å²) in [5, 5.41) is 2.89. The molecule has 0 fully saturated rings. The van der Waals surface area contributed by atoms with Crippen LogP contribution in [0.2, 0.25) is 0 Å². The van der Waals surface area contributed by atoms with Gasteiger partial charge in [-0.25, -0.2) is 32.2 Å². The summed E-state index contributed by atoms with van der Waals surface area (Å²) < 4.78 is 51.3. The first kappa shape index (κ1) is 19.5. The van der Waals surface area contributed by atoms with E-state index in [0.29, 0.717) is 32.7 Å². The molecule has 2 aromatic heterocycles. The zero-order valence-corrected chi connectivity index (χ0v) is 16.8. The van der Waals surface area contributed by atoms with Crippen LogP contribution in [0.4, 0.5) is 8.78 Å². The molecule has 0 aliphatic heterocycles. The highest BCUT2D eigenvalue weighted by Gasteiger charge is 2.19. The van der Waals surface area contributed by atoms with E-state index in [2.05, 4.69) is 15.0 Å². The van der Waals surface area contributed by atoms with Crippen LogP contribution in [0.3, 0.4) is 0 Å². The molecule has 0 saturated heterocycles. The Balaban J connectivity index is 1.78. The molecule has 0 spiro atoms. The van der Waals surface area contributed by atoms with E-state index in [4.69, 9.17) is 0 Å². The van der Waals surface area contributed by atoms with Gasteiger partial charge in [-0.15, -0.1) is 11.3 Å². The molecule has 2 aromatic carbocycles. The minimum atomic E-state index is -3.57. The quantitative estimate of drug-likeness (QED) is 0.446. The molecule has 0 radical (unpaired) electrons. The van der Waals surface area contributed by atoms with Crippen LogP contribution in [-0.2, 0) is 15.6 Å². The Morgan fingerprint density at radius 2 is 1.90 bits per heavy atom. The Morgan fingerprint density at radius 3 is 2.59 bits per heavy atom. The van der Waals surface area contributed by atoms with Crippen LogP contribution < -0.4 is 0 Å². The smallest absolute Gasteiger partial charge is 0.249 e. The second kappa shape index (κ2) is 7.57. The first-order valence-corrected chi connectivity index (χ1v) is 11.1. The van der Waals surface area contributed by atoms with Crippen molar-refractivity contribution >= 4 is 32.1 Å². The van der Waals surface area contributed by atoms with Gasteiger partial charge in [0.2, 0.25) is 0 Å². The molecule has 148 valence electrons. The largest absolute Gasteiger partial charge is 0.263 e. The second-order valence-electron chi connectivity index (χ2n) is 6.46. The standard InChI is InChI=1S/C20H15F2N3O2S2/c1-12-8-13(20(21)22)2-4-15(12)19-16-5-3-14(9-17(16)24-11-25-19)29(26,27)10-18-23-6-7-28-18/h2-9,11,20H,10H2,1H3. The maximum atomic E-state index is 12.9. The van der Waals surface area contributed by atoms with E-state index >= 15 is 0 Å². The third-order valence-corrected chi connectivity index (χ3v) is 7.11. The van der Waals surface area contributed by atoms with Gasteiger partial charge < -0.3 is 0 Å². The van der Waals surface area contributed by atoms with Crippen LogP contribution in [0.25, 0.3) is 22.2 Å². The fourth-order valence-electron chi connectivity index (χ4n) is 3.10. The molecule has 0 atom stereocenters. The Morgan fingerprint density at radius 1 is 1.07 bits per heavy atom. The SMILES string of the molecule is Cc1cc(C(F)F)ccc1-c1ncnc2cc(S(=O)(=O)Cc3nccs3)ccc12. The van der Waals surface area contributed by atoms with E-state index in [0.717, 1.165) is 0 Å². The molecule has 9 heteroatoms. The van der Waals surface area contributed by atoms with Crippen LogP contribution in [0.15, 0.2) is 59.2 Å². The third kappa shape index (κ3) is 3.88. The molecule has 2 heterocycles. The number of hydrogen-bond donors (Lipinski definition) is 0. The number of halogens is 2. The highest BCUT2D eigenvalue weighted by Crippen LogP contribution is 2.32. The molecule has 0 aliphatic rings. The number of sulfone groups is 1. The first-order valence-electron chi connectivity index (χ1n) is 8.60. The number of rotatable bonds is 5. The Bertz CT molecular complexity index is 1290. The van der Waals surface area contributed by atoms with Crippen molar-refractivity contribution in [3.63, 3.8) is 0 Å². The number of aromatic nitrogens is 3. The highest BCUT2D eigenvalue weighted by molar-refractivity contribution is 7.90. The van der Waals surface area contributed by atoms with Gasteiger partial charge in [-0.1, -0.05) is 12.1 Å². The number of benzene rings is 2. The molecule has 0 aliphatic carbocycles. The fourth-order valence-corrected chi connectivity index (χ4v) is 5.37. The number of fused-ring (bicyclic) bond motifs is 1. The van der Waals surface area contributed by atoms with Crippen molar-refractivity contribution in [3.05, 3.63) is 70.4 Å². The zero-order valence-electron chi connectivity index (χ0n) is 15.2. The van der Waals surface area contributed by atoms with Crippen molar-refractivity contribution in [1.29, 1.82) is 0 Å². The lowest BCUT2D eigenvalue weighted by Gasteiger charge is -2.11. The molecule has 0 amide bonds. The summed E-state index contributed by atoms with van der Waals surface area (Å²) in [7, 11) is -3.57. The summed E-state index contributed by atoms with van der Waals surface area (Å²) >= 11 is 1.28. The average Bonchev–Trinajstić information content (AvgIpc) is 3.19. The van der Waals surface area contributed by atoms with Crippen molar-refractivity contribution in [1.82, 2.24) is 15.0 Å². The van der Waals surface area contributed by atoms with Gasteiger partial charge in [-0.05, 0) is 36.8 Å². The van der Waals surface area contributed by atoms with Gasteiger partial charge in [0.1, 0.15) is 17.1 Å². The van der Waals surface area contributed by atoms with Crippen LogP contribution in [0.5, 0.6) is 0 Å². The molecule has 0 unspecified atom stereocenters. The van der Waals surface area contributed by atoms with E-state index in [1.807, 2.05) is 0 Å². The topological polar surface area (TPSA) is 72.8 Å². The zero-order chi connectivity index (χ0) is 20.6. The molecule has 0 bridgehead atoms. The molecule has 0 saturated carbocycles. The normalized spacial score (nSPS) is 12.0. The van der Waals surface area contributed by atoms with E-state index in [9.17, 15) is 17.2 Å². The Labute approximate surface area is 170 Å². The molecular formula is C20H15F2N3O2S2. The third-order valence-electron chi connectivity index (χ3n) is 4.52. The van der Waals surface area contributed by atoms with Crippen molar-refractivity contribution < 1.29 is 17.2 Å². The van der Waals surface area contributed by atoms with Gasteiger partial charge in [0, 0.05) is 28.1 Å². The monoisotopic (exact) mass is 431 g/mol. The molecular weight excluding hydrogens is 416 g/mol. The van der Waals surface area contributed by atoms with Crippen molar-refractivity contribution in [2.24, 2.45) is 0 Å². The van der Waals surface area contributed by atoms with Crippen LogP contribution >= 0.6 is 11.3 Å². The predicted molar refractivity (Wildman–Crippen MR) is 108 cm³/mol. The molecule has 0 N–H and O–H groups in total. The number of nitrogens with zero attached hydrogens (tertiary/aromatic N) is 3. The second-order valence-corrected chi connectivity index (χ2v) is 9.43. The summed E-state index contributed by atoms with van der Waals surface area (Å²) in [4.78, 5) is 12.7. The van der Waals surface area contributed by atoms with Gasteiger partial charge >= 0.3 is 0 Å². The van der Waals surface area contributed by atoms with Crippen LogP contribution in [-0.4, -0.2) is 23.4 Å². The lowest BCUT2D eigenvalue weighted by molar-refractivity contribution is 0.151. The fraction of sp³-hybridized carbons (Fsp3) is 0.150. The van der Waals surface area contributed by atoms with Gasteiger partial charge in [-0.3, -0.25) is 0 Å². The number of alkyl halides is 2. The van der Waals surface area contributed by atoms with Gasteiger partial charge in [0.15, 0.2) is 9.84 Å². The van der Waals surface area contributed by atoms with Crippen molar-refractivity contribution in [2.75, 3.05) is 0 Å². The number of thiazole rings is 1. The number of hydrogen-bond acceptors (Lipinski definition) is 6. The van der Waals surface area contributed by atoms with Crippen LogP contribution in [0.1, 0.15) is 22.6 Å². The molecule has 4 rings (SSSR count). The summed E-state index contributed by atoms with van der Waals surface area (Å²) in [6.45, 7) is 1.74. The highest BCUT2D eigenvalue weighted by atomic mass is 32.2. The van der Waals surface area contributed by atoms with Gasteiger partial charge in [0.25, 0.3) is 6.43 Å². The van der Waals surface area contributed by atoms with Crippen LogP contribution in [0, 0.1) is 6.92 Å². The Kier molecular flexibility index (Phi) is 5.10. The van der Waals surface area contributed by atoms with E-state index in [1.165, 1.54) is 41.9 Å². The van der Waals surface area contributed by atoms with E-state index in [-0.39, 0.29) is 16.2 Å². The molecule has 29 heavy (non-hydrogen) atoms.